The van der Waals surface area contributed by atoms with Crippen molar-refractivity contribution in [1.29, 1.82) is 0 Å². The van der Waals surface area contributed by atoms with E-state index in [2.05, 4.69) is 26.8 Å². The Balaban J connectivity index is 1.50. The zero-order valence-corrected chi connectivity index (χ0v) is 22.0. The molecule has 0 radical (unpaired) electrons. The number of fused-ring (bicyclic) bond motifs is 3. The lowest BCUT2D eigenvalue weighted by Gasteiger charge is -2.52. The van der Waals surface area contributed by atoms with Crippen LogP contribution in [0, 0.1) is 28.6 Å². The number of allylic oxidation sites excluding steroid dienone is 3. The molecule has 5 rings (SSSR count). The first kappa shape index (κ1) is 24.5. The van der Waals surface area contributed by atoms with Crippen molar-refractivity contribution >= 4 is 11.9 Å². The maximum absolute atomic E-state index is 12.3. The molecule has 1 saturated carbocycles. The van der Waals surface area contributed by atoms with E-state index in [-0.39, 0.29) is 40.7 Å². The zero-order chi connectivity index (χ0) is 25.3. The summed E-state index contributed by atoms with van der Waals surface area (Å²) in [7, 11) is 0. The Morgan fingerprint density at radius 1 is 1.11 bits per heavy atom. The summed E-state index contributed by atoms with van der Waals surface area (Å²) in [6.45, 7) is 12.7. The van der Waals surface area contributed by atoms with Crippen molar-refractivity contribution < 1.29 is 24.2 Å². The van der Waals surface area contributed by atoms with Crippen LogP contribution in [0.1, 0.15) is 80.1 Å². The highest BCUT2D eigenvalue weighted by Crippen LogP contribution is 2.68. The normalized spacial score (nSPS) is 41.3. The molecule has 0 bridgehead atoms. The molecule has 0 amide bonds. The smallest absolute Gasteiger partial charge is 0.333 e. The van der Waals surface area contributed by atoms with E-state index in [1.165, 1.54) is 17.2 Å². The van der Waals surface area contributed by atoms with Gasteiger partial charge in [0.25, 0.3) is 0 Å². The van der Waals surface area contributed by atoms with Crippen molar-refractivity contribution in [3.63, 3.8) is 0 Å². The summed E-state index contributed by atoms with van der Waals surface area (Å²) < 4.78 is 11.6. The molecule has 1 N–H and O–H groups in total. The molecule has 0 spiro atoms. The summed E-state index contributed by atoms with van der Waals surface area (Å²) >= 11 is 0. The Labute approximate surface area is 209 Å². The number of rotatable bonds is 2. The molecule has 7 atom stereocenters. The first-order valence-corrected chi connectivity index (χ1v) is 13.3. The number of ether oxygens (including phenoxy) is 2. The molecule has 3 aliphatic carbocycles. The first-order valence-electron chi connectivity index (χ1n) is 13.3. The van der Waals surface area contributed by atoms with Crippen LogP contribution in [0.4, 0.5) is 0 Å². The lowest BCUT2D eigenvalue weighted by atomic mass is 9.52. The Hall–Kier alpha value is -2.14. The van der Waals surface area contributed by atoms with Crippen LogP contribution in [-0.2, 0) is 19.1 Å². The van der Waals surface area contributed by atoms with Crippen molar-refractivity contribution in [2.75, 3.05) is 0 Å². The van der Waals surface area contributed by atoms with Crippen LogP contribution in [0.3, 0.4) is 0 Å². The Kier molecular flexibility index (Phi) is 5.75. The van der Waals surface area contributed by atoms with Crippen LogP contribution in [0.25, 0.3) is 0 Å². The fourth-order valence-electron chi connectivity index (χ4n) is 8.29. The molecule has 0 unspecified atom stereocenters. The van der Waals surface area contributed by atoms with E-state index in [9.17, 15) is 14.7 Å². The van der Waals surface area contributed by atoms with Crippen molar-refractivity contribution in [1.82, 2.24) is 0 Å². The van der Waals surface area contributed by atoms with Crippen LogP contribution in [-0.4, -0.2) is 34.9 Å². The topological polar surface area (TPSA) is 72.8 Å². The molecular weight excluding hydrogens is 440 g/mol. The third-order valence-corrected chi connectivity index (χ3v) is 10.5. The van der Waals surface area contributed by atoms with Gasteiger partial charge in [-0.15, -0.1) is 0 Å². The summed E-state index contributed by atoms with van der Waals surface area (Å²) in [6.07, 6.45) is 12.5. The van der Waals surface area contributed by atoms with E-state index in [0.29, 0.717) is 17.9 Å². The number of carbonyl (C=O) groups excluding carboxylic acids is 2. The second-order valence-corrected chi connectivity index (χ2v) is 12.6. The number of aliphatic hydroxyl groups excluding tert-OH is 1. The number of hydrogen-bond acceptors (Lipinski definition) is 5. The SMILES string of the molecule is CC1=CC[C@@H]([C@H](C)[C@@H]2CC[C@]3(C)C4=C(C=C5C=CC(=O)OC(C)(C)[C@@H]5[C@H](O)C4)CC[C@@]23C)OC1=O. The van der Waals surface area contributed by atoms with Gasteiger partial charge in [0.05, 0.1) is 6.10 Å². The fraction of sp³-hybridized carbons (Fsp3) is 0.667. The van der Waals surface area contributed by atoms with Crippen LogP contribution in [0.5, 0.6) is 0 Å². The van der Waals surface area contributed by atoms with E-state index in [1.54, 1.807) is 0 Å². The molecular formula is C30H40O5. The van der Waals surface area contributed by atoms with Crippen molar-refractivity contribution in [2.45, 2.75) is 97.9 Å². The minimum Gasteiger partial charge on any atom is -0.458 e. The molecule has 5 aliphatic rings. The molecule has 190 valence electrons. The van der Waals surface area contributed by atoms with Crippen molar-refractivity contribution in [3.8, 4) is 0 Å². The van der Waals surface area contributed by atoms with Crippen LogP contribution < -0.4 is 0 Å². The third-order valence-electron chi connectivity index (χ3n) is 10.5. The van der Waals surface area contributed by atoms with Crippen LogP contribution in [0.15, 0.2) is 46.6 Å². The Morgan fingerprint density at radius 2 is 1.86 bits per heavy atom. The maximum atomic E-state index is 12.3. The van der Waals surface area contributed by atoms with E-state index in [4.69, 9.17) is 9.47 Å². The average Bonchev–Trinajstić information content (AvgIpc) is 2.88. The van der Waals surface area contributed by atoms with Gasteiger partial charge < -0.3 is 14.6 Å². The largest absolute Gasteiger partial charge is 0.458 e. The van der Waals surface area contributed by atoms with Gasteiger partial charge >= 0.3 is 11.9 Å². The number of aliphatic hydroxyl groups is 1. The molecule has 0 aromatic heterocycles. The minimum absolute atomic E-state index is 0.0317. The van der Waals surface area contributed by atoms with Gasteiger partial charge in [-0.25, -0.2) is 9.59 Å². The second-order valence-electron chi connectivity index (χ2n) is 12.6. The lowest BCUT2D eigenvalue weighted by Crippen LogP contribution is -2.47. The summed E-state index contributed by atoms with van der Waals surface area (Å²) in [5.41, 5.74) is 3.65. The third kappa shape index (κ3) is 3.68. The van der Waals surface area contributed by atoms with E-state index < -0.39 is 11.7 Å². The average molecular weight is 481 g/mol. The molecule has 0 saturated heterocycles. The second kappa shape index (κ2) is 8.19. The predicted octanol–water partition coefficient (Wildman–Crippen LogP) is 5.60. The minimum atomic E-state index is -0.784. The highest BCUT2D eigenvalue weighted by atomic mass is 16.6. The summed E-state index contributed by atoms with van der Waals surface area (Å²) in [4.78, 5) is 24.4. The van der Waals surface area contributed by atoms with Crippen molar-refractivity contribution in [3.05, 3.63) is 46.6 Å². The lowest BCUT2D eigenvalue weighted by molar-refractivity contribution is -0.157. The van der Waals surface area contributed by atoms with Gasteiger partial charge in [-0.2, -0.15) is 0 Å². The van der Waals surface area contributed by atoms with Crippen LogP contribution >= 0.6 is 0 Å². The zero-order valence-electron chi connectivity index (χ0n) is 22.0. The van der Waals surface area contributed by atoms with Gasteiger partial charge in [0.1, 0.15) is 11.7 Å². The van der Waals surface area contributed by atoms with Gasteiger partial charge in [-0.05, 0) is 86.7 Å². The highest BCUT2D eigenvalue weighted by Gasteiger charge is 2.60. The standard InChI is InChI=1S/C30H40O5/c1-17-7-9-24(34-27(17)33)18(2)21-12-14-30(6)22-16-23(31)26-20(8-10-25(32)35-28(26,3)4)15-19(22)11-13-29(21,30)5/h7-8,10,15,18,21,23-24,26,31H,9,11-14,16H2,1-6H3/t18-,21+,23-,24+,26+,29+,30-/m1/s1. The van der Waals surface area contributed by atoms with Crippen LogP contribution in [0.2, 0.25) is 0 Å². The van der Waals surface area contributed by atoms with E-state index in [0.717, 1.165) is 37.7 Å². The molecule has 2 heterocycles. The quantitative estimate of drug-likeness (QED) is 0.521. The molecule has 5 heteroatoms. The molecule has 0 aromatic carbocycles. The number of hydrogen-bond donors (Lipinski definition) is 1. The monoisotopic (exact) mass is 480 g/mol. The highest BCUT2D eigenvalue weighted by molar-refractivity contribution is 5.88. The van der Waals surface area contributed by atoms with Gasteiger partial charge in [0, 0.05) is 24.0 Å². The molecule has 2 aliphatic heterocycles. The summed E-state index contributed by atoms with van der Waals surface area (Å²) in [6, 6.07) is 0. The number of cyclic esters (lactones) is 2. The Morgan fingerprint density at radius 3 is 2.57 bits per heavy atom. The Bertz CT molecular complexity index is 1070. The first-order chi connectivity index (χ1) is 16.4. The maximum Gasteiger partial charge on any atom is 0.333 e. The van der Waals surface area contributed by atoms with E-state index >= 15 is 0 Å². The number of carbonyl (C=O) groups is 2. The van der Waals surface area contributed by atoms with Gasteiger partial charge in [-0.1, -0.05) is 44.6 Å². The molecule has 5 nitrogen and oxygen atoms in total. The van der Waals surface area contributed by atoms with E-state index in [1.807, 2.05) is 32.9 Å². The predicted molar refractivity (Wildman–Crippen MR) is 134 cm³/mol. The number of esters is 2. The van der Waals surface area contributed by atoms with Gasteiger partial charge in [0.15, 0.2) is 0 Å². The molecule has 35 heavy (non-hydrogen) atoms. The summed E-state index contributed by atoms with van der Waals surface area (Å²) in [5, 5.41) is 11.6. The van der Waals surface area contributed by atoms with Gasteiger partial charge in [0.2, 0.25) is 0 Å². The van der Waals surface area contributed by atoms with Gasteiger partial charge in [-0.3, -0.25) is 0 Å². The summed E-state index contributed by atoms with van der Waals surface area (Å²) in [5.74, 6) is -0.0742. The molecule has 0 aromatic rings. The van der Waals surface area contributed by atoms with Crippen molar-refractivity contribution in [2.24, 2.45) is 28.6 Å². The molecule has 1 fully saturated rings. The fourth-order valence-corrected chi connectivity index (χ4v) is 8.29.